The first-order valence-corrected chi connectivity index (χ1v) is 6.25. The van der Waals surface area contributed by atoms with Crippen LogP contribution >= 0.6 is 0 Å². The highest BCUT2D eigenvalue weighted by molar-refractivity contribution is 5.69. The minimum atomic E-state index is -1.32. The predicted octanol–water partition coefficient (Wildman–Crippen LogP) is 1.82. The third-order valence-corrected chi connectivity index (χ3v) is 2.84. The minimum absolute atomic E-state index is 0.00201. The standard InChI is InChI=1S/C13H18N4O4/c1-12(8-14,6-4-10(18)19)16-17-13(2,9-15)7-5-11(20)21-3/h4-7H2,1-3H3,(H,18,19)/b17-16+. The molecule has 0 rings (SSSR count). The number of methoxy groups -OCH3 is 1. The number of rotatable bonds is 8. The molecule has 0 aromatic heterocycles. The van der Waals surface area contributed by atoms with Crippen LogP contribution in [0.1, 0.15) is 39.5 Å². The monoisotopic (exact) mass is 294 g/mol. The molecular weight excluding hydrogens is 276 g/mol. The van der Waals surface area contributed by atoms with Crippen LogP contribution in [0.2, 0.25) is 0 Å². The lowest BCUT2D eigenvalue weighted by Gasteiger charge is -2.18. The van der Waals surface area contributed by atoms with Crippen LogP contribution < -0.4 is 0 Å². The summed E-state index contributed by atoms with van der Waals surface area (Å²) in [6.45, 7) is 2.92. The maximum absolute atomic E-state index is 11.1. The highest BCUT2D eigenvalue weighted by atomic mass is 16.5. The van der Waals surface area contributed by atoms with Gasteiger partial charge in [0.25, 0.3) is 0 Å². The van der Waals surface area contributed by atoms with E-state index in [1.165, 1.54) is 21.0 Å². The van der Waals surface area contributed by atoms with Gasteiger partial charge in [0.05, 0.1) is 19.2 Å². The summed E-state index contributed by atoms with van der Waals surface area (Å²) in [5.41, 5.74) is -2.59. The summed E-state index contributed by atoms with van der Waals surface area (Å²) in [5, 5.41) is 34.5. The zero-order valence-electron chi connectivity index (χ0n) is 12.3. The van der Waals surface area contributed by atoms with E-state index < -0.39 is 23.0 Å². The lowest BCUT2D eigenvalue weighted by Crippen LogP contribution is -2.25. The third-order valence-electron chi connectivity index (χ3n) is 2.84. The minimum Gasteiger partial charge on any atom is -0.481 e. The molecule has 8 nitrogen and oxygen atoms in total. The molecule has 0 aliphatic carbocycles. The molecule has 114 valence electrons. The van der Waals surface area contributed by atoms with E-state index in [-0.39, 0.29) is 25.7 Å². The molecule has 0 heterocycles. The van der Waals surface area contributed by atoms with Crippen molar-refractivity contribution >= 4 is 11.9 Å². The number of carbonyl (C=O) groups is 2. The van der Waals surface area contributed by atoms with Crippen LogP contribution in [-0.4, -0.2) is 35.2 Å². The smallest absolute Gasteiger partial charge is 0.305 e. The van der Waals surface area contributed by atoms with E-state index in [1.807, 2.05) is 12.1 Å². The summed E-state index contributed by atoms with van der Waals surface area (Å²) in [6, 6.07) is 3.81. The van der Waals surface area contributed by atoms with Gasteiger partial charge in [-0.15, -0.1) is 0 Å². The number of nitrogens with zero attached hydrogens (tertiary/aromatic N) is 4. The largest absolute Gasteiger partial charge is 0.481 e. The number of azo groups is 1. The summed E-state index contributed by atoms with van der Waals surface area (Å²) in [7, 11) is 1.24. The van der Waals surface area contributed by atoms with Gasteiger partial charge in [-0.2, -0.15) is 20.8 Å². The van der Waals surface area contributed by atoms with Crippen molar-refractivity contribution < 1.29 is 19.4 Å². The number of nitriles is 2. The van der Waals surface area contributed by atoms with E-state index >= 15 is 0 Å². The van der Waals surface area contributed by atoms with Crippen LogP contribution in [0.25, 0.3) is 0 Å². The summed E-state index contributed by atoms with van der Waals surface area (Å²) >= 11 is 0. The summed E-state index contributed by atoms with van der Waals surface area (Å²) in [6.07, 6.45) is -0.145. The molecule has 0 spiro atoms. The van der Waals surface area contributed by atoms with Crippen molar-refractivity contribution in [3.05, 3.63) is 0 Å². The Kier molecular flexibility index (Phi) is 7.01. The maximum Gasteiger partial charge on any atom is 0.305 e. The van der Waals surface area contributed by atoms with Crippen LogP contribution in [0.3, 0.4) is 0 Å². The molecule has 0 aliphatic heterocycles. The van der Waals surface area contributed by atoms with E-state index in [4.69, 9.17) is 15.6 Å². The number of ether oxygens (including phenoxy) is 1. The van der Waals surface area contributed by atoms with Gasteiger partial charge in [0, 0.05) is 12.8 Å². The highest BCUT2D eigenvalue weighted by Crippen LogP contribution is 2.23. The lowest BCUT2D eigenvalue weighted by atomic mass is 9.97. The molecular formula is C13H18N4O4. The zero-order valence-corrected chi connectivity index (χ0v) is 12.3. The van der Waals surface area contributed by atoms with Gasteiger partial charge in [-0.25, -0.2) is 0 Å². The number of hydrogen-bond donors (Lipinski definition) is 1. The number of carboxylic acids is 1. The molecule has 0 fully saturated rings. The van der Waals surface area contributed by atoms with Crippen LogP contribution in [0.4, 0.5) is 0 Å². The first-order valence-electron chi connectivity index (χ1n) is 6.25. The van der Waals surface area contributed by atoms with Crippen LogP contribution in [0.5, 0.6) is 0 Å². The summed E-state index contributed by atoms with van der Waals surface area (Å²) < 4.78 is 4.48. The molecule has 2 unspecified atom stereocenters. The Balaban J connectivity index is 4.91. The fourth-order valence-corrected chi connectivity index (χ4v) is 1.28. The topological polar surface area (TPSA) is 136 Å². The number of carbonyl (C=O) groups excluding carboxylic acids is 1. The van der Waals surface area contributed by atoms with Crippen molar-refractivity contribution in [2.24, 2.45) is 10.2 Å². The normalized spacial score (nSPS) is 16.2. The van der Waals surface area contributed by atoms with Crippen molar-refractivity contribution in [1.29, 1.82) is 10.5 Å². The fraction of sp³-hybridized carbons (Fsp3) is 0.692. The molecule has 0 aromatic rings. The Morgan fingerprint density at radius 2 is 1.52 bits per heavy atom. The number of hydrogen-bond acceptors (Lipinski definition) is 7. The van der Waals surface area contributed by atoms with E-state index in [0.717, 1.165) is 0 Å². The van der Waals surface area contributed by atoms with E-state index in [2.05, 4.69) is 15.0 Å². The second-order valence-corrected chi connectivity index (χ2v) is 4.94. The first kappa shape index (κ1) is 18.5. The molecule has 2 atom stereocenters. The number of esters is 1. The van der Waals surface area contributed by atoms with Crippen molar-refractivity contribution in [2.75, 3.05) is 7.11 Å². The molecule has 0 saturated heterocycles. The van der Waals surface area contributed by atoms with Gasteiger partial charge in [-0.3, -0.25) is 9.59 Å². The molecule has 1 N–H and O–H groups in total. The second kappa shape index (κ2) is 7.95. The highest BCUT2D eigenvalue weighted by Gasteiger charge is 2.29. The Morgan fingerprint density at radius 3 is 1.86 bits per heavy atom. The molecule has 0 saturated carbocycles. The lowest BCUT2D eigenvalue weighted by molar-refractivity contribution is -0.141. The van der Waals surface area contributed by atoms with Crippen molar-refractivity contribution in [2.45, 2.75) is 50.6 Å². The Hall–Kier alpha value is -2.48. The van der Waals surface area contributed by atoms with E-state index in [9.17, 15) is 9.59 Å². The van der Waals surface area contributed by atoms with Crippen molar-refractivity contribution in [1.82, 2.24) is 0 Å². The Morgan fingerprint density at radius 1 is 1.10 bits per heavy atom. The molecule has 21 heavy (non-hydrogen) atoms. The van der Waals surface area contributed by atoms with Gasteiger partial charge in [-0.05, 0) is 26.7 Å². The number of carboxylic acid groups (broad SMARTS) is 1. The molecule has 0 aromatic carbocycles. The van der Waals surface area contributed by atoms with Crippen LogP contribution in [0, 0.1) is 22.7 Å². The predicted molar refractivity (Wildman–Crippen MR) is 71.0 cm³/mol. The average Bonchev–Trinajstić information content (AvgIpc) is 2.48. The Labute approximate surface area is 123 Å². The van der Waals surface area contributed by atoms with Crippen LogP contribution in [-0.2, 0) is 14.3 Å². The van der Waals surface area contributed by atoms with Crippen molar-refractivity contribution in [3.8, 4) is 12.1 Å². The third kappa shape index (κ3) is 7.02. The summed E-state index contributed by atoms with van der Waals surface area (Å²) in [4.78, 5) is 21.6. The van der Waals surface area contributed by atoms with Gasteiger partial charge in [0.2, 0.25) is 0 Å². The van der Waals surface area contributed by atoms with E-state index in [1.54, 1.807) is 0 Å². The summed E-state index contributed by atoms with van der Waals surface area (Å²) in [5.74, 6) is -1.51. The average molecular weight is 294 g/mol. The number of aliphatic carboxylic acids is 1. The zero-order chi connectivity index (χ0) is 16.5. The van der Waals surface area contributed by atoms with Gasteiger partial charge < -0.3 is 9.84 Å². The molecule has 8 heteroatoms. The van der Waals surface area contributed by atoms with Gasteiger partial charge >= 0.3 is 11.9 Å². The second-order valence-electron chi connectivity index (χ2n) is 4.94. The van der Waals surface area contributed by atoms with Gasteiger partial charge in [-0.1, -0.05) is 0 Å². The first-order chi connectivity index (χ1) is 9.70. The SMILES string of the molecule is COC(=O)CCC(C)(C#N)/N=N/C(C)(C#N)CCC(=O)O. The molecule has 0 amide bonds. The molecule has 0 bridgehead atoms. The molecule has 0 aliphatic rings. The quantitative estimate of drug-likeness (QED) is 0.535. The molecule has 0 radical (unpaired) electrons. The Bertz CT molecular complexity index is 505. The van der Waals surface area contributed by atoms with Gasteiger partial charge in [0.15, 0.2) is 11.1 Å². The maximum atomic E-state index is 11.1. The van der Waals surface area contributed by atoms with E-state index in [0.29, 0.717) is 0 Å². The van der Waals surface area contributed by atoms with Gasteiger partial charge in [0.1, 0.15) is 0 Å². The fourth-order valence-electron chi connectivity index (χ4n) is 1.28. The van der Waals surface area contributed by atoms with Crippen molar-refractivity contribution in [3.63, 3.8) is 0 Å². The van der Waals surface area contributed by atoms with Crippen LogP contribution in [0.15, 0.2) is 10.2 Å².